The minimum atomic E-state index is 0.451. The summed E-state index contributed by atoms with van der Waals surface area (Å²) >= 11 is 2.36. The Morgan fingerprint density at radius 2 is 2.11 bits per heavy atom. The van der Waals surface area contributed by atoms with Crippen molar-refractivity contribution < 1.29 is 0 Å². The second-order valence-electron chi connectivity index (χ2n) is 4.81. The zero-order chi connectivity index (χ0) is 13.1. The fraction of sp³-hybridized carbons (Fsp3) is 0.400. The van der Waals surface area contributed by atoms with Gasteiger partial charge in [0.05, 0.1) is 5.52 Å². The third-order valence-corrected chi connectivity index (χ3v) is 3.84. The quantitative estimate of drug-likeness (QED) is 0.799. The fourth-order valence-electron chi connectivity index (χ4n) is 1.94. The lowest BCUT2D eigenvalue weighted by Crippen LogP contribution is -2.04. The lowest BCUT2D eigenvalue weighted by atomic mass is 10.1. The van der Waals surface area contributed by atoms with E-state index in [1.54, 1.807) is 0 Å². The lowest BCUT2D eigenvalue weighted by Gasteiger charge is -2.13. The van der Waals surface area contributed by atoms with Gasteiger partial charge in [0.25, 0.3) is 0 Å². The second kappa shape index (κ2) is 5.87. The van der Waals surface area contributed by atoms with Gasteiger partial charge in [0.1, 0.15) is 0 Å². The van der Waals surface area contributed by atoms with E-state index in [9.17, 15) is 0 Å². The fourth-order valence-corrected chi connectivity index (χ4v) is 2.55. The van der Waals surface area contributed by atoms with Crippen LogP contribution in [0.5, 0.6) is 0 Å². The van der Waals surface area contributed by atoms with Crippen molar-refractivity contribution in [3.63, 3.8) is 0 Å². The van der Waals surface area contributed by atoms with Gasteiger partial charge in [0, 0.05) is 26.9 Å². The van der Waals surface area contributed by atoms with E-state index in [1.807, 2.05) is 0 Å². The molecule has 2 rings (SSSR count). The molecule has 3 heteroatoms. The van der Waals surface area contributed by atoms with E-state index in [1.165, 1.54) is 14.6 Å². The van der Waals surface area contributed by atoms with Crippen molar-refractivity contribution >= 4 is 39.2 Å². The first kappa shape index (κ1) is 13.6. The number of halogens is 1. The topological polar surface area (TPSA) is 24.9 Å². The summed E-state index contributed by atoms with van der Waals surface area (Å²) in [6.45, 7) is 7.56. The largest absolute Gasteiger partial charge is 0.384 e. The number of hydrogen-bond acceptors (Lipinski definition) is 2. The van der Waals surface area contributed by atoms with Crippen LogP contribution in [0.1, 0.15) is 38.8 Å². The van der Waals surface area contributed by atoms with Crippen LogP contribution in [0.15, 0.2) is 24.3 Å². The highest BCUT2D eigenvalue weighted by molar-refractivity contribution is 14.1. The van der Waals surface area contributed by atoms with Gasteiger partial charge in [0.2, 0.25) is 0 Å². The molecule has 1 heterocycles. The van der Waals surface area contributed by atoms with Gasteiger partial charge < -0.3 is 5.32 Å². The van der Waals surface area contributed by atoms with Crippen molar-refractivity contribution in [2.45, 2.75) is 33.1 Å². The number of para-hydroxylation sites is 1. The van der Waals surface area contributed by atoms with E-state index in [2.05, 4.69) is 72.9 Å². The predicted octanol–water partition coefficient (Wildman–Crippen LogP) is 4.78. The molecule has 0 aliphatic carbocycles. The Balaban J connectivity index is 2.61. The Hall–Kier alpha value is -0.840. The molecule has 0 amide bonds. The molecule has 0 fully saturated rings. The van der Waals surface area contributed by atoms with Gasteiger partial charge in [-0.1, -0.05) is 32.9 Å². The molecular formula is C15H19IN2. The van der Waals surface area contributed by atoms with Crippen LogP contribution in [-0.4, -0.2) is 11.5 Å². The van der Waals surface area contributed by atoms with Crippen LogP contribution in [0.4, 0.5) is 5.69 Å². The van der Waals surface area contributed by atoms with Gasteiger partial charge in [-0.25, -0.2) is 0 Å². The molecule has 18 heavy (non-hydrogen) atoms. The minimum absolute atomic E-state index is 0.451. The molecule has 0 saturated heterocycles. The van der Waals surface area contributed by atoms with E-state index >= 15 is 0 Å². The van der Waals surface area contributed by atoms with Crippen LogP contribution >= 0.6 is 22.6 Å². The van der Waals surface area contributed by atoms with E-state index in [0.29, 0.717) is 5.92 Å². The van der Waals surface area contributed by atoms with Crippen LogP contribution < -0.4 is 5.32 Å². The van der Waals surface area contributed by atoms with Gasteiger partial charge in [-0.2, -0.15) is 0 Å². The summed E-state index contributed by atoms with van der Waals surface area (Å²) in [5.74, 6) is 0.451. The van der Waals surface area contributed by atoms with Crippen LogP contribution in [0.25, 0.3) is 10.9 Å². The van der Waals surface area contributed by atoms with E-state index in [0.717, 1.165) is 24.2 Å². The van der Waals surface area contributed by atoms with Gasteiger partial charge in [-0.05, 0) is 47.1 Å². The summed E-state index contributed by atoms with van der Waals surface area (Å²) in [5, 5.41) is 4.74. The molecule has 1 N–H and O–H groups in total. The summed E-state index contributed by atoms with van der Waals surface area (Å²) in [4.78, 5) is 4.80. The van der Waals surface area contributed by atoms with E-state index < -0.39 is 0 Å². The average Bonchev–Trinajstić information content (AvgIpc) is 2.36. The zero-order valence-corrected chi connectivity index (χ0v) is 13.3. The van der Waals surface area contributed by atoms with Gasteiger partial charge in [0.15, 0.2) is 0 Å². The van der Waals surface area contributed by atoms with Gasteiger partial charge in [-0.3, -0.25) is 4.98 Å². The van der Waals surface area contributed by atoms with Crippen LogP contribution in [0.3, 0.4) is 0 Å². The molecule has 1 aromatic carbocycles. The van der Waals surface area contributed by atoms with Crippen molar-refractivity contribution in [1.29, 1.82) is 0 Å². The first-order valence-corrected chi connectivity index (χ1v) is 7.54. The predicted molar refractivity (Wildman–Crippen MR) is 87.3 cm³/mol. The second-order valence-corrected chi connectivity index (χ2v) is 5.97. The highest BCUT2D eigenvalue weighted by Crippen LogP contribution is 2.29. The average molecular weight is 354 g/mol. The number of hydrogen-bond donors (Lipinski definition) is 1. The molecule has 2 aromatic rings. The third-order valence-electron chi connectivity index (χ3n) is 2.97. The monoisotopic (exact) mass is 354 g/mol. The molecule has 0 spiro atoms. The number of nitrogens with zero attached hydrogens (tertiary/aromatic N) is 1. The maximum Gasteiger partial charge on any atom is 0.0859 e. The summed E-state index contributed by atoms with van der Waals surface area (Å²) in [6, 6.07) is 8.55. The van der Waals surface area contributed by atoms with Gasteiger partial charge >= 0.3 is 0 Å². The molecule has 1 aromatic heterocycles. The molecule has 96 valence electrons. The van der Waals surface area contributed by atoms with Crippen molar-refractivity contribution in [2.24, 2.45) is 0 Å². The molecule has 0 atom stereocenters. The van der Waals surface area contributed by atoms with E-state index in [-0.39, 0.29) is 0 Å². The van der Waals surface area contributed by atoms with Crippen molar-refractivity contribution in [1.82, 2.24) is 4.98 Å². The summed E-state index contributed by atoms with van der Waals surface area (Å²) < 4.78 is 1.21. The summed E-state index contributed by atoms with van der Waals surface area (Å²) in [7, 11) is 0. The zero-order valence-electron chi connectivity index (χ0n) is 11.1. The minimum Gasteiger partial charge on any atom is -0.384 e. The lowest BCUT2D eigenvalue weighted by molar-refractivity contribution is 0.829. The Bertz CT molecular complexity index is 549. The van der Waals surface area contributed by atoms with Crippen molar-refractivity contribution in [2.75, 3.05) is 11.9 Å². The van der Waals surface area contributed by atoms with E-state index in [4.69, 9.17) is 4.98 Å². The molecule has 0 aliphatic heterocycles. The SMILES string of the molecule is CCCNc1cc(C(C)C)nc2c(I)cccc12. The molecule has 0 radical (unpaired) electrons. The number of anilines is 1. The molecule has 0 saturated carbocycles. The van der Waals surface area contributed by atoms with Crippen molar-refractivity contribution in [3.05, 3.63) is 33.5 Å². The first-order chi connectivity index (χ1) is 8.63. The number of fused-ring (bicyclic) bond motifs is 1. The first-order valence-electron chi connectivity index (χ1n) is 6.46. The van der Waals surface area contributed by atoms with Crippen LogP contribution in [-0.2, 0) is 0 Å². The number of pyridine rings is 1. The summed E-state index contributed by atoms with van der Waals surface area (Å²) in [5.41, 5.74) is 3.48. The Morgan fingerprint density at radius 3 is 2.78 bits per heavy atom. The van der Waals surface area contributed by atoms with Crippen LogP contribution in [0.2, 0.25) is 0 Å². The number of rotatable bonds is 4. The van der Waals surface area contributed by atoms with Gasteiger partial charge in [-0.15, -0.1) is 0 Å². The molecule has 0 bridgehead atoms. The number of benzene rings is 1. The maximum absolute atomic E-state index is 4.80. The molecule has 0 unspecified atom stereocenters. The third kappa shape index (κ3) is 2.76. The summed E-state index contributed by atoms with van der Waals surface area (Å²) in [6.07, 6.45) is 1.13. The molecular weight excluding hydrogens is 335 g/mol. The highest BCUT2D eigenvalue weighted by Gasteiger charge is 2.09. The normalized spacial score (nSPS) is 11.2. The maximum atomic E-state index is 4.80. The highest BCUT2D eigenvalue weighted by atomic mass is 127. The molecule has 2 nitrogen and oxygen atoms in total. The number of nitrogens with one attached hydrogen (secondary N) is 1. The smallest absolute Gasteiger partial charge is 0.0859 e. The van der Waals surface area contributed by atoms with Crippen molar-refractivity contribution in [3.8, 4) is 0 Å². The molecule has 0 aliphatic rings. The number of aromatic nitrogens is 1. The van der Waals surface area contributed by atoms with Crippen LogP contribution in [0, 0.1) is 3.57 Å². The Labute approximate surface area is 122 Å². The standard InChI is InChI=1S/C15H19IN2/c1-4-8-17-14-9-13(10(2)3)18-15-11(14)6-5-7-12(15)16/h5-7,9-10H,4,8H2,1-3H3,(H,17,18). The Kier molecular flexibility index (Phi) is 4.43. The Morgan fingerprint density at radius 1 is 1.33 bits per heavy atom.